The molecule has 0 amide bonds. The van der Waals surface area contributed by atoms with Crippen LogP contribution in [0.25, 0.3) is 0 Å². The summed E-state index contributed by atoms with van der Waals surface area (Å²) in [5.74, 6) is 0.478. The molecule has 2 rings (SSSR count). The van der Waals surface area contributed by atoms with Gasteiger partial charge in [0.2, 0.25) is 11.8 Å². The van der Waals surface area contributed by atoms with Gasteiger partial charge < -0.3 is 10.6 Å². The Bertz CT molecular complexity index is 635. The van der Waals surface area contributed by atoms with E-state index in [-0.39, 0.29) is 11.5 Å². The van der Waals surface area contributed by atoms with Crippen LogP contribution in [0.2, 0.25) is 0 Å². The predicted octanol–water partition coefficient (Wildman–Crippen LogP) is 2.89. The first kappa shape index (κ1) is 14.1. The molecule has 0 bridgehead atoms. The standard InChI is InChI=1S/C12H13N5O2S/c1-13-12-14-7-10(17(18)19)11(16-12)15-8-4-3-5-9(6-8)20-2/h3-7H,1-2H3,(H2,13,14,15,16). The molecule has 0 saturated carbocycles. The molecule has 0 unspecified atom stereocenters. The smallest absolute Gasteiger partial charge is 0.329 e. The van der Waals surface area contributed by atoms with Crippen LogP contribution in [0.3, 0.4) is 0 Å². The van der Waals surface area contributed by atoms with Crippen molar-refractivity contribution in [2.75, 3.05) is 23.9 Å². The number of anilines is 3. The van der Waals surface area contributed by atoms with Crippen LogP contribution >= 0.6 is 11.8 Å². The highest BCUT2D eigenvalue weighted by Gasteiger charge is 2.17. The van der Waals surface area contributed by atoms with E-state index in [9.17, 15) is 10.1 Å². The first-order valence-corrected chi connectivity index (χ1v) is 6.96. The summed E-state index contributed by atoms with van der Waals surface area (Å²) >= 11 is 1.59. The van der Waals surface area contributed by atoms with Crippen LogP contribution < -0.4 is 10.6 Å². The lowest BCUT2D eigenvalue weighted by atomic mass is 10.3. The summed E-state index contributed by atoms with van der Waals surface area (Å²) in [6.45, 7) is 0. The van der Waals surface area contributed by atoms with E-state index >= 15 is 0 Å². The second-order valence-electron chi connectivity index (χ2n) is 3.79. The summed E-state index contributed by atoms with van der Waals surface area (Å²) in [5, 5.41) is 16.7. The minimum atomic E-state index is -0.514. The van der Waals surface area contributed by atoms with Gasteiger partial charge in [0, 0.05) is 17.6 Å². The van der Waals surface area contributed by atoms with Gasteiger partial charge in [-0.3, -0.25) is 10.1 Å². The summed E-state index contributed by atoms with van der Waals surface area (Å²) in [7, 11) is 1.65. The molecule has 0 aliphatic heterocycles. The zero-order chi connectivity index (χ0) is 14.5. The van der Waals surface area contributed by atoms with E-state index in [4.69, 9.17) is 0 Å². The van der Waals surface area contributed by atoms with E-state index in [0.717, 1.165) is 10.6 Å². The van der Waals surface area contributed by atoms with Crippen molar-refractivity contribution in [1.82, 2.24) is 9.97 Å². The van der Waals surface area contributed by atoms with E-state index < -0.39 is 4.92 Å². The number of hydrogen-bond donors (Lipinski definition) is 2. The number of hydrogen-bond acceptors (Lipinski definition) is 7. The van der Waals surface area contributed by atoms with Crippen molar-refractivity contribution < 1.29 is 4.92 Å². The predicted molar refractivity (Wildman–Crippen MR) is 79.7 cm³/mol. The number of nitro groups is 1. The average molecular weight is 291 g/mol. The third-order valence-corrected chi connectivity index (χ3v) is 3.25. The van der Waals surface area contributed by atoms with Crippen molar-refractivity contribution in [3.05, 3.63) is 40.6 Å². The van der Waals surface area contributed by atoms with E-state index in [1.165, 1.54) is 6.20 Å². The Balaban J connectivity index is 2.37. The Labute approximate surface area is 120 Å². The second-order valence-corrected chi connectivity index (χ2v) is 4.67. The lowest BCUT2D eigenvalue weighted by Gasteiger charge is -2.08. The molecule has 104 valence electrons. The number of aromatic nitrogens is 2. The maximum Gasteiger partial charge on any atom is 0.329 e. The molecule has 20 heavy (non-hydrogen) atoms. The van der Waals surface area contributed by atoms with Gasteiger partial charge in [-0.1, -0.05) is 6.07 Å². The highest BCUT2D eigenvalue weighted by Crippen LogP contribution is 2.27. The first-order valence-electron chi connectivity index (χ1n) is 5.74. The van der Waals surface area contributed by atoms with Crippen LogP contribution in [-0.2, 0) is 0 Å². The normalized spacial score (nSPS) is 10.1. The van der Waals surface area contributed by atoms with Crippen molar-refractivity contribution in [1.29, 1.82) is 0 Å². The summed E-state index contributed by atoms with van der Waals surface area (Å²) in [6, 6.07) is 7.56. The number of nitrogens with zero attached hydrogens (tertiary/aromatic N) is 3. The molecule has 0 spiro atoms. The van der Waals surface area contributed by atoms with Crippen molar-refractivity contribution >= 4 is 34.9 Å². The SMILES string of the molecule is CNc1ncc([N+](=O)[O-])c(Nc2cccc(SC)c2)n1. The molecule has 0 fully saturated rings. The van der Waals surface area contributed by atoms with Gasteiger partial charge in [-0.05, 0) is 24.5 Å². The van der Waals surface area contributed by atoms with Crippen LogP contribution in [0.4, 0.5) is 23.1 Å². The van der Waals surface area contributed by atoms with Gasteiger partial charge >= 0.3 is 5.69 Å². The molecule has 0 saturated heterocycles. The molecule has 1 aromatic carbocycles. The Morgan fingerprint density at radius 1 is 1.40 bits per heavy atom. The fraction of sp³-hybridized carbons (Fsp3) is 0.167. The molecule has 2 N–H and O–H groups in total. The Hall–Kier alpha value is -2.35. The minimum absolute atomic E-state index is 0.160. The highest BCUT2D eigenvalue weighted by atomic mass is 32.2. The molecule has 7 nitrogen and oxygen atoms in total. The summed E-state index contributed by atoms with van der Waals surface area (Å²) < 4.78 is 0. The van der Waals surface area contributed by atoms with Crippen LogP contribution in [0.15, 0.2) is 35.4 Å². The molecule has 0 aliphatic rings. The van der Waals surface area contributed by atoms with Crippen molar-refractivity contribution in [2.24, 2.45) is 0 Å². The third kappa shape index (κ3) is 3.15. The number of rotatable bonds is 5. The molecule has 0 atom stereocenters. The topological polar surface area (TPSA) is 93.0 Å². The number of thioether (sulfide) groups is 1. The van der Waals surface area contributed by atoms with Crippen molar-refractivity contribution in [3.8, 4) is 0 Å². The summed E-state index contributed by atoms with van der Waals surface area (Å²) in [5.41, 5.74) is 0.569. The second kappa shape index (κ2) is 6.20. The third-order valence-electron chi connectivity index (χ3n) is 2.52. The number of nitrogens with one attached hydrogen (secondary N) is 2. The monoisotopic (exact) mass is 291 g/mol. The van der Waals surface area contributed by atoms with E-state index in [1.807, 2.05) is 30.5 Å². The number of benzene rings is 1. The van der Waals surface area contributed by atoms with Gasteiger partial charge in [0.25, 0.3) is 0 Å². The molecular formula is C12H13N5O2S. The quantitative estimate of drug-likeness (QED) is 0.497. The Morgan fingerprint density at radius 2 is 2.20 bits per heavy atom. The maximum atomic E-state index is 11.0. The molecule has 1 heterocycles. The lowest BCUT2D eigenvalue weighted by molar-refractivity contribution is -0.384. The molecule has 0 aliphatic carbocycles. The molecule has 2 aromatic rings. The molecule has 8 heteroatoms. The zero-order valence-electron chi connectivity index (χ0n) is 11.0. The molecule has 0 radical (unpaired) electrons. The van der Waals surface area contributed by atoms with Gasteiger partial charge in [-0.2, -0.15) is 4.98 Å². The van der Waals surface area contributed by atoms with Crippen LogP contribution in [0, 0.1) is 10.1 Å². The van der Waals surface area contributed by atoms with Gasteiger partial charge in [0.15, 0.2) is 0 Å². The van der Waals surface area contributed by atoms with Gasteiger partial charge in [0.1, 0.15) is 6.20 Å². The summed E-state index contributed by atoms with van der Waals surface area (Å²) in [6.07, 6.45) is 3.14. The van der Waals surface area contributed by atoms with Crippen molar-refractivity contribution in [2.45, 2.75) is 4.90 Å². The Morgan fingerprint density at radius 3 is 2.85 bits per heavy atom. The Kier molecular flexibility index (Phi) is 4.36. The fourth-order valence-electron chi connectivity index (χ4n) is 1.56. The lowest BCUT2D eigenvalue weighted by Crippen LogP contribution is -2.04. The highest BCUT2D eigenvalue weighted by molar-refractivity contribution is 7.98. The largest absolute Gasteiger partial charge is 0.357 e. The molecule has 1 aromatic heterocycles. The zero-order valence-corrected chi connectivity index (χ0v) is 11.8. The fourth-order valence-corrected chi connectivity index (χ4v) is 2.02. The maximum absolute atomic E-state index is 11.0. The minimum Gasteiger partial charge on any atom is -0.357 e. The summed E-state index contributed by atoms with van der Waals surface area (Å²) in [4.78, 5) is 19.5. The van der Waals surface area contributed by atoms with Crippen molar-refractivity contribution in [3.63, 3.8) is 0 Å². The average Bonchev–Trinajstić information content (AvgIpc) is 2.47. The van der Waals surface area contributed by atoms with Gasteiger partial charge in [-0.25, -0.2) is 4.98 Å². The first-order chi connectivity index (χ1) is 9.63. The van der Waals surface area contributed by atoms with Gasteiger partial charge in [-0.15, -0.1) is 11.8 Å². The van der Waals surface area contributed by atoms with Crippen LogP contribution in [0.5, 0.6) is 0 Å². The van der Waals surface area contributed by atoms with E-state index in [0.29, 0.717) is 5.95 Å². The van der Waals surface area contributed by atoms with Crippen LogP contribution in [-0.4, -0.2) is 28.2 Å². The van der Waals surface area contributed by atoms with E-state index in [2.05, 4.69) is 20.6 Å². The van der Waals surface area contributed by atoms with Gasteiger partial charge in [0.05, 0.1) is 4.92 Å². The molecular weight excluding hydrogens is 278 g/mol. The van der Waals surface area contributed by atoms with E-state index in [1.54, 1.807) is 18.8 Å². The van der Waals surface area contributed by atoms with Crippen LogP contribution in [0.1, 0.15) is 0 Å².